The van der Waals surface area contributed by atoms with Gasteiger partial charge in [-0.1, -0.05) is 17.7 Å². The lowest BCUT2D eigenvalue weighted by molar-refractivity contribution is -0.131. The highest BCUT2D eigenvalue weighted by molar-refractivity contribution is 6.30. The zero-order chi connectivity index (χ0) is 28.7. The van der Waals surface area contributed by atoms with E-state index in [1.165, 1.54) is 6.07 Å². The Hall–Kier alpha value is -3.60. The number of carboxylic acid groups (broad SMARTS) is 1. The van der Waals surface area contributed by atoms with Crippen LogP contribution in [0.5, 0.6) is 11.5 Å². The third-order valence-electron chi connectivity index (χ3n) is 7.98. The van der Waals surface area contributed by atoms with Gasteiger partial charge >= 0.3 is 5.97 Å². The van der Waals surface area contributed by atoms with Crippen molar-refractivity contribution in [1.29, 1.82) is 0 Å². The second-order valence-corrected chi connectivity index (χ2v) is 11.2. The van der Waals surface area contributed by atoms with E-state index >= 15 is 0 Å². The van der Waals surface area contributed by atoms with E-state index in [9.17, 15) is 9.18 Å². The number of imidazole rings is 1. The highest BCUT2D eigenvalue weighted by Crippen LogP contribution is 2.50. The van der Waals surface area contributed by atoms with Crippen molar-refractivity contribution < 1.29 is 28.5 Å². The lowest BCUT2D eigenvalue weighted by Gasteiger charge is -2.41. The second kappa shape index (κ2) is 11.0. The van der Waals surface area contributed by atoms with Gasteiger partial charge in [0.1, 0.15) is 11.6 Å². The number of carboxylic acids is 1. The van der Waals surface area contributed by atoms with Crippen LogP contribution in [-0.2, 0) is 28.4 Å². The van der Waals surface area contributed by atoms with Crippen LogP contribution >= 0.6 is 11.6 Å². The summed E-state index contributed by atoms with van der Waals surface area (Å²) in [5, 5.41) is 9.41. The molecule has 216 valence electrons. The molecular weight excluding hydrogens is 551 g/mol. The normalized spacial score (nSPS) is 24.1. The van der Waals surface area contributed by atoms with E-state index in [0.29, 0.717) is 29.6 Å². The molecular formula is C30H32ClFN4O5. The minimum Gasteiger partial charge on any atom is -0.478 e. The van der Waals surface area contributed by atoms with Crippen LogP contribution in [0.3, 0.4) is 0 Å². The number of para-hydroxylation sites is 1. The van der Waals surface area contributed by atoms with E-state index < -0.39 is 17.6 Å². The number of aliphatic carboxylic acids is 1. The summed E-state index contributed by atoms with van der Waals surface area (Å²) in [4.78, 5) is 20.4. The van der Waals surface area contributed by atoms with E-state index in [4.69, 9.17) is 30.9 Å². The minimum absolute atomic E-state index is 0.114. The Kier molecular flexibility index (Phi) is 7.39. The fourth-order valence-corrected chi connectivity index (χ4v) is 5.81. The Balaban J connectivity index is 1.17. The monoisotopic (exact) mass is 582 g/mol. The van der Waals surface area contributed by atoms with Crippen LogP contribution in [0.2, 0.25) is 5.02 Å². The van der Waals surface area contributed by atoms with Gasteiger partial charge in [0, 0.05) is 50.3 Å². The zero-order valence-corrected chi connectivity index (χ0v) is 23.7. The molecule has 1 N–H and O–H groups in total. The average Bonchev–Trinajstić information content (AvgIpc) is 3.45. The molecule has 1 unspecified atom stereocenters. The van der Waals surface area contributed by atoms with Gasteiger partial charge in [-0.05, 0) is 49.8 Å². The number of rotatable bonds is 8. The summed E-state index contributed by atoms with van der Waals surface area (Å²) in [7, 11) is 0. The molecule has 6 rings (SSSR count). The van der Waals surface area contributed by atoms with Gasteiger partial charge in [0.25, 0.3) is 5.79 Å². The van der Waals surface area contributed by atoms with Gasteiger partial charge < -0.3 is 28.8 Å². The lowest BCUT2D eigenvalue weighted by Crippen LogP contribution is -2.51. The van der Waals surface area contributed by atoms with Crippen molar-refractivity contribution in [2.24, 2.45) is 0 Å². The first kappa shape index (κ1) is 27.6. The highest BCUT2D eigenvalue weighted by atomic mass is 35.5. The molecule has 0 bridgehead atoms. The molecule has 1 aromatic heterocycles. The number of aromatic nitrogens is 2. The number of carbonyl (C=O) groups is 1. The van der Waals surface area contributed by atoms with E-state index in [1.807, 2.05) is 18.2 Å². The van der Waals surface area contributed by atoms with Crippen molar-refractivity contribution in [2.75, 3.05) is 31.1 Å². The maximum Gasteiger partial charge on any atom is 0.328 e. The summed E-state index contributed by atoms with van der Waals surface area (Å²) in [5.74, 6) is -0.754. The van der Waals surface area contributed by atoms with Crippen LogP contribution in [0.25, 0.3) is 6.08 Å². The molecule has 2 saturated heterocycles. The number of hydrogen-bond acceptors (Lipinski definition) is 7. The molecule has 3 aliphatic heterocycles. The molecule has 2 fully saturated rings. The predicted octanol–water partition coefficient (Wildman–Crippen LogP) is 4.92. The number of anilines is 1. The zero-order valence-electron chi connectivity index (χ0n) is 22.9. The fraction of sp³-hybridized carbons (Fsp3) is 0.400. The van der Waals surface area contributed by atoms with Gasteiger partial charge in [0.15, 0.2) is 11.5 Å². The maximum atomic E-state index is 14.8. The van der Waals surface area contributed by atoms with Gasteiger partial charge in [-0.25, -0.2) is 14.2 Å². The summed E-state index contributed by atoms with van der Waals surface area (Å²) in [6.07, 6.45) is 5.53. The summed E-state index contributed by atoms with van der Waals surface area (Å²) in [6.45, 7) is 8.17. The summed E-state index contributed by atoms with van der Waals surface area (Å²) >= 11 is 5.96. The van der Waals surface area contributed by atoms with Crippen molar-refractivity contribution in [1.82, 2.24) is 14.5 Å². The van der Waals surface area contributed by atoms with Gasteiger partial charge in [-0.3, -0.25) is 4.90 Å². The fourth-order valence-electron chi connectivity index (χ4n) is 5.65. The minimum atomic E-state index is -1.31. The van der Waals surface area contributed by atoms with E-state index in [-0.39, 0.29) is 17.7 Å². The van der Waals surface area contributed by atoms with Crippen molar-refractivity contribution in [3.8, 4) is 11.5 Å². The molecule has 9 nitrogen and oxygen atoms in total. The van der Waals surface area contributed by atoms with E-state index in [1.54, 1.807) is 31.3 Å². The Morgan fingerprint density at radius 2 is 2.10 bits per heavy atom. The standard InChI is InChI=1S/C30H32ClFN4O5/c1-19-16-35(25-4-3-5-26-29(25)41-30(2,40-26)23-8-6-20(31)14-24(23)32)12-11-34(19)18-27-33-15-21(7-9-28(37)38)36(27)17-22-10-13-39-22/h3-9,14-15,19,22H,10-13,16-18H2,1-2H3,(H,37,38)/b9-7+/t19-,22-,30?/m0/s1. The van der Waals surface area contributed by atoms with Crippen LogP contribution in [0, 0.1) is 5.82 Å². The Labute approximate surface area is 242 Å². The Bertz CT molecular complexity index is 1490. The SMILES string of the molecule is C[C@H]1CN(c2cccc3c2OC(C)(c2ccc(Cl)cc2F)O3)CCN1Cc1ncc(/C=C/C(=O)O)n1C[C@@H]1CCO1. The second-order valence-electron chi connectivity index (χ2n) is 10.8. The molecule has 0 aliphatic carbocycles. The first-order valence-electron chi connectivity index (χ1n) is 13.7. The quantitative estimate of drug-likeness (QED) is 0.375. The Morgan fingerprint density at radius 3 is 2.80 bits per heavy atom. The average molecular weight is 583 g/mol. The maximum absolute atomic E-state index is 14.8. The number of fused-ring (bicyclic) bond motifs is 1. The van der Waals surface area contributed by atoms with Crippen LogP contribution in [-0.4, -0.2) is 63.9 Å². The van der Waals surface area contributed by atoms with Crippen LogP contribution in [0.4, 0.5) is 10.1 Å². The van der Waals surface area contributed by atoms with Gasteiger partial charge in [0.05, 0.1) is 42.3 Å². The largest absolute Gasteiger partial charge is 0.478 e. The van der Waals surface area contributed by atoms with E-state index in [0.717, 1.165) is 55.9 Å². The molecule has 3 aliphatic rings. The lowest BCUT2D eigenvalue weighted by atomic mass is 10.1. The smallest absolute Gasteiger partial charge is 0.328 e. The number of nitrogens with zero attached hydrogens (tertiary/aromatic N) is 4. The molecule has 3 aromatic rings. The molecule has 0 spiro atoms. The number of halogens is 2. The van der Waals surface area contributed by atoms with Crippen LogP contribution in [0.1, 0.15) is 37.4 Å². The topological polar surface area (TPSA) is 89.3 Å². The summed E-state index contributed by atoms with van der Waals surface area (Å²) < 4.78 is 35.0. The third-order valence-corrected chi connectivity index (χ3v) is 8.21. The third kappa shape index (κ3) is 5.51. The molecule has 2 aromatic carbocycles. The van der Waals surface area contributed by atoms with Crippen molar-refractivity contribution >= 4 is 29.3 Å². The molecule has 0 saturated carbocycles. The first-order chi connectivity index (χ1) is 19.7. The number of ether oxygens (including phenoxy) is 3. The first-order valence-corrected chi connectivity index (χ1v) is 14.1. The van der Waals surface area contributed by atoms with Gasteiger partial charge in [-0.15, -0.1) is 0 Å². The summed E-state index contributed by atoms with van der Waals surface area (Å²) in [5.41, 5.74) is 1.93. The molecule has 41 heavy (non-hydrogen) atoms. The van der Waals surface area contributed by atoms with Crippen molar-refractivity contribution in [2.45, 2.75) is 51.3 Å². The number of hydrogen-bond donors (Lipinski definition) is 1. The highest BCUT2D eigenvalue weighted by Gasteiger charge is 2.43. The number of benzene rings is 2. The van der Waals surface area contributed by atoms with Gasteiger partial charge in [-0.2, -0.15) is 0 Å². The summed E-state index contributed by atoms with van der Waals surface area (Å²) in [6, 6.07) is 10.4. The molecule has 4 heterocycles. The molecule has 0 radical (unpaired) electrons. The Morgan fingerprint density at radius 1 is 1.27 bits per heavy atom. The van der Waals surface area contributed by atoms with E-state index in [2.05, 4.69) is 26.3 Å². The molecule has 11 heteroatoms. The predicted molar refractivity (Wildman–Crippen MR) is 152 cm³/mol. The van der Waals surface area contributed by atoms with Crippen molar-refractivity contribution in [3.63, 3.8) is 0 Å². The van der Waals surface area contributed by atoms with Gasteiger partial charge in [0.2, 0.25) is 0 Å². The van der Waals surface area contributed by atoms with Crippen LogP contribution in [0.15, 0.2) is 48.7 Å². The van der Waals surface area contributed by atoms with Crippen molar-refractivity contribution in [3.05, 3.63) is 76.6 Å². The van der Waals surface area contributed by atoms with Crippen LogP contribution < -0.4 is 14.4 Å². The molecule has 3 atom stereocenters. The molecule has 0 amide bonds. The number of piperazine rings is 1.